The summed E-state index contributed by atoms with van der Waals surface area (Å²) in [5, 5.41) is 8.94. The Balaban J connectivity index is 2.67. The van der Waals surface area contributed by atoms with Gasteiger partial charge in [0, 0.05) is 0 Å². The predicted molar refractivity (Wildman–Crippen MR) is 47.9 cm³/mol. The molecule has 2 atom stereocenters. The first-order chi connectivity index (χ1) is 5.46. The minimum absolute atomic E-state index is 0.422. The van der Waals surface area contributed by atoms with Crippen molar-refractivity contribution in [2.45, 2.75) is 33.1 Å². The first-order valence-electron chi connectivity index (χ1n) is 4.34. The third-order valence-electron chi connectivity index (χ3n) is 2.95. The Morgan fingerprint density at radius 3 is 2.50 bits per heavy atom. The van der Waals surface area contributed by atoms with E-state index in [9.17, 15) is 4.79 Å². The maximum Gasteiger partial charge on any atom is 0.309 e. The van der Waals surface area contributed by atoms with E-state index in [0.717, 1.165) is 24.8 Å². The maximum absolute atomic E-state index is 10.9. The zero-order valence-corrected chi connectivity index (χ0v) is 7.76. The fourth-order valence-electron chi connectivity index (χ4n) is 1.86. The summed E-state index contributed by atoms with van der Waals surface area (Å²) in [6.45, 7) is 7.69. The smallest absolute Gasteiger partial charge is 0.309 e. The first kappa shape index (κ1) is 9.30. The highest BCUT2D eigenvalue weighted by atomic mass is 16.4. The number of hydrogen-bond acceptors (Lipinski definition) is 1. The fourth-order valence-corrected chi connectivity index (χ4v) is 1.86. The molecule has 1 N–H and O–H groups in total. The van der Waals surface area contributed by atoms with Crippen LogP contribution in [0.5, 0.6) is 0 Å². The monoisotopic (exact) mass is 168 g/mol. The average Bonchev–Trinajstić information content (AvgIpc) is 2.33. The summed E-state index contributed by atoms with van der Waals surface area (Å²) in [6.07, 6.45) is 2.54. The Hall–Kier alpha value is -0.790. The van der Waals surface area contributed by atoms with Crippen LogP contribution in [0.2, 0.25) is 0 Å². The van der Waals surface area contributed by atoms with Gasteiger partial charge in [-0.2, -0.15) is 0 Å². The van der Waals surface area contributed by atoms with Crippen LogP contribution >= 0.6 is 0 Å². The van der Waals surface area contributed by atoms with E-state index in [2.05, 4.69) is 6.58 Å². The average molecular weight is 168 g/mol. The minimum atomic E-state index is -0.661. The van der Waals surface area contributed by atoms with Gasteiger partial charge in [0.1, 0.15) is 0 Å². The molecule has 2 unspecified atom stereocenters. The van der Waals surface area contributed by atoms with Gasteiger partial charge in [0.25, 0.3) is 0 Å². The summed E-state index contributed by atoms with van der Waals surface area (Å²) in [4.78, 5) is 10.9. The second-order valence-corrected chi connectivity index (χ2v) is 4.15. The molecule has 68 valence electrons. The van der Waals surface area contributed by atoms with E-state index < -0.39 is 11.4 Å². The number of carboxylic acids is 1. The number of carbonyl (C=O) groups is 1. The molecule has 1 aliphatic rings. The van der Waals surface area contributed by atoms with E-state index in [4.69, 9.17) is 5.11 Å². The van der Waals surface area contributed by atoms with Gasteiger partial charge in [0.15, 0.2) is 0 Å². The van der Waals surface area contributed by atoms with Gasteiger partial charge in [-0.05, 0) is 39.0 Å². The number of carboxylic acid groups (broad SMARTS) is 1. The van der Waals surface area contributed by atoms with Crippen molar-refractivity contribution in [3.05, 3.63) is 12.2 Å². The fraction of sp³-hybridized carbons (Fsp3) is 0.700. The van der Waals surface area contributed by atoms with E-state index in [0.29, 0.717) is 5.92 Å². The van der Waals surface area contributed by atoms with Gasteiger partial charge in [0.2, 0.25) is 0 Å². The zero-order valence-electron chi connectivity index (χ0n) is 7.76. The summed E-state index contributed by atoms with van der Waals surface area (Å²) < 4.78 is 0. The molecule has 0 aromatic rings. The van der Waals surface area contributed by atoms with Gasteiger partial charge in [-0.25, -0.2) is 0 Å². The predicted octanol–water partition coefficient (Wildman–Crippen LogP) is 2.45. The molecule has 0 aliphatic heterocycles. The molecular formula is C10H16O2. The normalized spacial score (nSPS) is 35.0. The van der Waals surface area contributed by atoms with Crippen LogP contribution in [-0.2, 0) is 4.79 Å². The Kier molecular flexibility index (Phi) is 2.27. The van der Waals surface area contributed by atoms with Gasteiger partial charge in [-0.1, -0.05) is 12.2 Å². The van der Waals surface area contributed by atoms with Crippen molar-refractivity contribution in [3.63, 3.8) is 0 Å². The largest absolute Gasteiger partial charge is 0.481 e. The van der Waals surface area contributed by atoms with Gasteiger partial charge in [0.05, 0.1) is 5.41 Å². The molecule has 1 aliphatic carbocycles. The lowest BCUT2D eigenvalue weighted by Gasteiger charge is -2.17. The van der Waals surface area contributed by atoms with Gasteiger partial charge < -0.3 is 5.11 Å². The molecule has 1 saturated carbocycles. The van der Waals surface area contributed by atoms with E-state index >= 15 is 0 Å². The van der Waals surface area contributed by atoms with Crippen LogP contribution in [0.15, 0.2) is 12.2 Å². The topological polar surface area (TPSA) is 37.3 Å². The van der Waals surface area contributed by atoms with Crippen molar-refractivity contribution in [2.24, 2.45) is 11.3 Å². The molecule has 0 radical (unpaired) electrons. The van der Waals surface area contributed by atoms with E-state index in [1.807, 2.05) is 13.8 Å². The quantitative estimate of drug-likeness (QED) is 0.643. The Labute approximate surface area is 73.3 Å². The third kappa shape index (κ3) is 1.52. The van der Waals surface area contributed by atoms with Gasteiger partial charge in [-0.15, -0.1) is 0 Å². The van der Waals surface area contributed by atoms with E-state index in [1.165, 1.54) is 0 Å². The molecule has 0 saturated heterocycles. The van der Waals surface area contributed by atoms with Gasteiger partial charge >= 0.3 is 5.97 Å². The molecule has 0 aromatic heterocycles. The molecule has 0 bridgehead atoms. The second-order valence-electron chi connectivity index (χ2n) is 4.15. The number of aliphatic carboxylic acids is 1. The van der Waals surface area contributed by atoms with Crippen LogP contribution in [-0.4, -0.2) is 11.1 Å². The lowest BCUT2D eigenvalue weighted by molar-refractivity contribution is -0.147. The number of rotatable bonds is 2. The van der Waals surface area contributed by atoms with Crippen molar-refractivity contribution >= 4 is 5.97 Å². The van der Waals surface area contributed by atoms with Crippen LogP contribution in [0.3, 0.4) is 0 Å². The zero-order chi connectivity index (χ0) is 9.35. The highest BCUT2D eigenvalue weighted by molar-refractivity contribution is 5.74. The second kappa shape index (κ2) is 2.92. The van der Waals surface area contributed by atoms with E-state index in [-0.39, 0.29) is 0 Å². The lowest BCUT2D eigenvalue weighted by atomic mass is 9.87. The standard InChI is InChI=1S/C10H16O2/c1-7(2)8-4-5-10(3,6-8)9(11)12/h8H,1,4-6H2,2-3H3,(H,11,12). The van der Waals surface area contributed by atoms with Crippen molar-refractivity contribution < 1.29 is 9.90 Å². The minimum Gasteiger partial charge on any atom is -0.481 e. The van der Waals surface area contributed by atoms with Crippen LogP contribution in [0.4, 0.5) is 0 Å². The molecule has 12 heavy (non-hydrogen) atoms. The van der Waals surface area contributed by atoms with Crippen molar-refractivity contribution in [2.75, 3.05) is 0 Å². The summed E-state index contributed by atoms with van der Waals surface area (Å²) in [6, 6.07) is 0. The maximum atomic E-state index is 10.9. The molecule has 1 fully saturated rings. The molecule has 0 aromatic carbocycles. The van der Waals surface area contributed by atoms with Crippen LogP contribution in [0.25, 0.3) is 0 Å². The Morgan fingerprint density at radius 1 is 1.67 bits per heavy atom. The molecule has 0 amide bonds. The molecule has 1 rings (SSSR count). The Bertz CT molecular complexity index is 220. The molecule has 2 nitrogen and oxygen atoms in total. The van der Waals surface area contributed by atoms with E-state index in [1.54, 1.807) is 0 Å². The van der Waals surface area contributed by atoms with Crippen molar-refractivity contribution in [1.29, 1.82) is 0 Å². The summed E-state index contributed by atoms with van der Waals surface area (Å²) in [5.74, 6) is -0.239. The molecule has 0 spiro atoms. The third-order valence-corrected chi connectivity index (χ3v) is 2.95. The van der Waals surface area contributed by atoms with Gasteiger partial charge in [-0.3, -0.25) is 4.79 Å². The molecule has 0 heterocycles. The highest BCUT2D eigenvalue weighted by Crippen LogP contribution is 2.44. The van der Waals surface area contributed by atoms with Crippen LogP contribution < -0.4 is 0 Å². The molecule has 2 heteroatoms. The molecular weight excluding hydrogens is 152 g/mol. The Morgan fingerprint density at radius 2 is 2.25 bits per heavy atom. The summed E-state index contributed by atoms with van der Waals surface area (Å²) in [5.41, 5.74) is 0.629. The highest BCUT2D eigenvalue weighted by Gasteiger charge is 2.41. The summed E-state index contributed by atoms with van der Waals surface area (Å²) in [7, 11) is 0. The number of hydrogen-bond donors (Lipinski definition) is 1. The van der Waals surface area contributed by atoms with Crippen molar-refractivity contribution in [1.82, 2.24) is 0 Å². The van der Waals surface area contributed by atoms with Crippen LogP contribution in [0.1, 0.15) is 33.1 Å². The first-order valence-corrected chi connectivity index (χ1v) is 4.34. The number of allylic oxidation sites excluding steroid dienone is 1. The van der Waals surface area contributed by atoms with Crippen LogP contribution in [0, 0.1) is 11.3 Å². The lowest BCUT2D eigenvalue weighted by Crippen LogP contribution is -2.24. The summed E-state index contributed by atoms with van der Waals surface area (Å²) >= 11 is 0. The SMILES string of the molecule is C=C(C)C1CCC(C)(C(=O)O)C1. The van der Waals surface area contributed by atoms with Crippen molar-refractivity contribution in [3.8, 4) is 0 Å².